The van der Waals surface area contributed by atoms with Gasteiger partial charge in [0.25, 0.3) is 0 Å². The minimum absolute atomic E-state index is 0.0490. The van der Waals surface area contributed by atoms with Gasteiger partial charge in [-0.1, -0.05) is 19.9 Å². The highest BCUT2D eigenvalue weighted by atomic mass is 35.5. The molecule has 112 valence electrons. The molecule has 0 amide bonds. The van der Waals surface area contributed by atoms with Gasteiger partial charge < -0.3 is 0 Å². The van der Waals surface area contributed by atoms with Crippen molar-refractivity contribution in [2.24, 2.45) is 5.92 Å². The normalized spacial score (nSPS) is 20.8. The van der Waals surface area contributed by atoms with Gasteiger partial charge in [0.15, 0.2) is 0 Å². The number of alkyl halides is 1. The highest BCUT2D eigenvalue weighted by Gasteiger charge is 2.37. The Labute approximate surface area is 124 Å². The quantitative estimate of drug-likeness (QED) is 0.798. The third-order valence-electron chi connectivity index (χ3n) is 3.76. The van der Waals surface area contributed by atoms with E-state index in [1.165, 1.54) is 16.4 Å². The van der Waals surface area contributed by atoms with Crippen molar-refractivity contribution in [2.45, 2.75) is 43.5 Å². The van der Waals surface area contributed by atoms with Crippen LogP contribution >= 0.6 is 11.6 Å². The van der Waals surface area contributed by atoms with E-state index >= 15 is 0 Å². The van der Waals surface area contributed by atoms with Crippen molar-refractivity contribution in [3.63, 3.8) is 0 Å². The minimum atomic E-state index is -3.77. The van der Waals surface area contributed by atoms with Crippen LogP contribution < -0.4 is 0 Å². The predicted octanol–water partition coefficient (Wildman–Crippen LogP) is 3.37. The van der Waals surface area contributed by atoms with Crippen LogP contribution in [0.1, 0.15) is 32.3 Å². The van der Waals surface area contributed by atoms with Crippen LogP contribution in [-0.4, -0.2) is 25.3 Å². The number of halogens is 2. The van der Waals surface area contributed by atoms with Gasteiger partial charge in [-0.25, -0.2) is 12.8 Å². The Hall–Kier alpha value is -0.650. The molecule has 0 aromatic heterocycles. The van der Waals surface area contributed by atoms with E-state index in [2.05, 4.69) is 0 Å². The van der Waals surface area contributed by atoms with Crippen molar-refractivity contribution >= 4 is 21.6 Å². The van der Waals surface area contributed by atoms with Gasteiger partial charge in [0.1, 0.15) is 10.7 Å². The molecule has 1 aromatic carbocycles. The average Bonchev–Trinajstić information content (AvgIpc) is 2.88. The Balaban J connectivity index is 2.40. The maximum atomic E-state index is 14.0. The topological polar surface area (TPSA) is 37.4 Å². The number of benzene rings is 1. The first-order valence-corrected chi connectivity index (χ1v) is 8.71. The van der Waals surface area contributed by atoms with E-state index in [0.29, 0.717) is 12.1 Å². The molecular formula is C14H19ClFNO2S. The number of hydrogen-bond acceptors (Lipinski definition) is 2. The Morgan fingerprint density at radius 3 is 2.70 bits per heavy atom. The first-order chi connectivity index (χ1) is 9.37. The SMILES string of the molecule is CC(C)C1CCCN1S(=O)(=O)c1ccc(CCl)cc1F. The molecule has 3 nitrogen and oxygen atoms in total. The van der Waals surface area contributed by atoms with Crippen molar-refractivity contribution in [3.8, 4) is 0 Å². The fourth-order valence-electron chi connectivity index (χ4n) is 2.69. The summed E-state index contributed by atoms with van der Waals surface area (Å²) in [6, 6.07) is 4.02. The molecule has 0 spiro atoms. The van der Waals surface area contributed by atoms with E-state index in [1.807, 2.05) is 13.8 Å². The van der Waals surface area contributed by atoms with Gasteiger partial charge in [-0.15, -0.1) is 11.6 Å². The second-order valence-electron chi connectivity index (χ2n) is 5.47. The fraction of sp³-hybridized carbons (Fsp3) is 0.571. The third-order valence-corrected chi connectivity index (χ3v) is 6.02. The second kappa shape index (κ2) is 6.00. The molecule has 0 aliphatic carbocycles. The van der Waals surface area contributed by atoms with E-state index in [0.717, 1.165) is 12.8 Å². The van der Waals surface area contributed by atoms with E-state index in [1.54, 1.807) is 6.07 Å². The largest absolute Gasteiger partial charge is 0.246 e. The van der Waals surface area contributed by atoms with Gasteiger partial charge in [0.2, 0.25) is 10.0 Å². The highest BCUT2D eigenvalue weighted by Crippen LogP contribution is 2.31. The van der Waals surface area contributed by atoms with Crippen LogP contribution in [0, 0.1) is 11.7 Å². The molecular weight excluding hydrogens is 301 g/mol. The summed E-state index contributed by atoms with van der Waals surface area (Å²) >= 11 is 5.63. The molecule has 1 atom stereocenters. The molecule has 2 rings (SSSR count). The maximum absolute atomic E-state index is 14.0. The monoisotopic (exact) mass is 319 g/mol. The van der Waals surface area contributed by atoms with E-state index in [4.69, 9.17) is 11.6 Å². The standard InChI is InChI=1S/C14H19ClFNO2S/c1-10(2)13-4-3-7-17(13)20(18,19)14-6-5-11(9-15)8-12(14)16/h5-6,8,10,13H,3-4,7,9H2,1-2H3. The van der Waals surface area contributed by atoms with E-state index in [9.17, 15) is 12.8 Å². The van der Waals surface area contributed by atoms with E-state index < -0.39 is 15.8 Å². The van der Waals surface area contributed by atoms with Crippen LogP contribution in [0.2, 0.25) is 0 Å². The lowest BCUT2D eigenvalue weighted by atomic mass is 10.0. The Kier molecular flexibility index (Phi) is 4.72. The van der Waals surface area contributed by atoms with Crippen molar-refractivity contribution in [1.82, 2.24) is 4.31 Å². The van der Waals surface area contributed by atoms with Crippen LogP contribution in [0.3, 0.4) is 0 Å². The molecule has 20 heavy (non-hydrogen) atoms. The Morgan fingerprint density at radius 1 is 1.45 bits per heavy atom. The van der Waals surface area contributed by atoms with Crippen molar-refractivity contribution in [1.29, 1.82) is 0 Å². The number of rotatable bonds is 4. The second-order valence-corrected chi connectivity index (χ2v) is 7.59. The fourth-order valence-corrected chi connectivity index (χ4v) is 4.73. The summed E-state index contributed by atoms with van der Waals surface area (Å²) < 4.78 is 40.7. The van der Waals surface area contributed by atoms with E-state index in [-0.39, 0.29) is 22.7 Å². The van der Waals surface area contributed by atoms with Crippen LogP contribution in [-0.2, 0) is 15.9 Å². The molecule has 0 saturated carbocycles. The van der Waals surface area contributed by atoms with Gasteiger partial charge >= 0.3 is 0 Å². The highest BCUT2D eigenvalue weighted by molar-refractivity contribution is 7.89. The predicted molar refractivity (Wildman–Crippen MR) is 77.7 cm³/mol. The van der Waals surface area contributed by atoms with Crippen molar-refractivity contribution < 1.29 is 12.8 Å². The van der Waals surface area contributed by atoms with Gasteiger partial charge in [-0.2, -0.15) is 4.31 Å². The number of sulfonamides is 1. The summed E-state index contributed by atoms with van der Waals surface area (Å²) in [5, 5.41) is 0. The summed E-state index contributed by atoms with van der Waals surface area (Å²) in [4.78, 5) is -0.251. The zero-order chi connectivity index (χ0) is 14.9. The van der Waals surface area contributed by atoms with Gasteiger partial charge in [0.05, 0.1) is 0 Å². The lowest BCUT2D eigenvalue weighted by Crippen LogP contribution is -2.38. The molecule has 1 aliphatic heterocycles. The number of nitrogens with zero attached hydrogens (tertiary/aromatic N) is 1. The van der Waals surface area contributed by atoms with Crippen molar-refractivity contribution in [2.75, 3.05) is 6.54 Å². The maximum Gasteiger partial charge on any atom is 0.246 e. The summed E-state index contributed by atoms with van der Waals surface area (Å²) in [6.07, 6.45) is 1.65. The smallest absolute Gasteiger partial charge is 0.207 e. The van der Waals surface area contributed by atoms with Gasteiger partial charge in [0, 0.05) is 18.5 Å². The summed E-state index contributed by atoms with van der Waals surface area (Å²) in [5.74, 6) is -0.342. The molecule has 1 fully saturated rings. The lowest BCUT2D eigenvalue weighted by molar-refractivity contribution is 0.314. The molecule has 1 heterocycles. The van der Waals surface area contributed by atoms with Crippen molar-refractivity contribution in [3.05, 3.63) is 29.6 Å². The average molecular weight is 320 g/mol. The Bertz CT molecular complexity index is 589. The third kappa shape index (κ3) is 2.85. The lowest BCUT2D eigenvalue weighted by Gasteiger charge is -2.27. The molecule has 1 aliphatic rings. The molecule has 1 saturated heterocycles. The first kappa shape index (κ1) is 15.7. The number of hydrogen-bond donors (Lipinski definition) is 0. The zero-order valence-corrected chi connectivity index (χ0v) is 13.2. The molecule has 0 bridgehead atoms. The molecule has 0 N–H and O–H groups in total. The summed E-state index contributed by atoms with van der Waals surface area (Å²) in [7, 11) is -3.77. The Morgan fingerprint density at radius 2 is 2.15 bits per heavy atom. The summed E-state index contributed by atoms with van der Waals surface area (Å²) in [6.45, 7) is 4.44. The summed E-state index contributed by atoms with van der Waals surface area (Å²) in [5.41, 5.74) is 0.574. The van der Waals surface area contributed by atoms with Gasteiger partial charge in [-0.3, -0.25) is 0 Å². The zero-order valence-electron chi connectivity index (χ0n) is 11.6. The first-order valence-electron chi connectivity index (χ1n) is 6.74. The van der Waals surface area contributed by atoms with Crippen LogP contribution in [0.15, 0.2) is 23.1 Å². The van der Waals surface area contributed by atoms with Crippen LogP contribution in [0.5, 0.6) is 0 Å². The molecule has 1 aromatic rings. The van der Waals surface area contributed by atoms with Gasteiger partial charge in [-0.05, 0) is 36.5 Å². The molecule has 0 radical (unpaired) electrons. The molecule has 1 unspecified atom stereocenters. The van der Waals surface area contributed by atoms with Crippen LogP contribution in [0.25, 0.3) is 0 Å². The van der Waals surface area contributed by atoms with Crippen LogP contribution in [0.4, 0.5) is 4.39 Å². The molecule has 6 heteroatoms. The minimum Gasteiger partial charge on any atom is -0.207 e.